The number of rotatable bonds is 7. The second kappa shape index (κ2) is 7.55. The highest BCUT2D eigenvalue weighted by Crippen LogP contribution is 2.33. The van der Waals surface area contributed by atoms with E-state index in [4.69, 9.17) is 19.3 Å². The maximum Gasteiger partial charge on any atom is 0.163 e. The summed E-state index contributed by atoms with van der Waals surface area (Å²) in [4.78, 5) is 0. The second-order valence-electron chi connectivity index (χ2n) is 6.34. The number of hydrogen-bond acceptors (Lipinski definition) is 4. The molecule has 0 aromatic heterocycles. The lowest BCUT2D eigenvalue weighted by Crippen LogP contribution is -2.36. The molecule has 0 saturated carbocycles. The van der Waals surface area contributed by atoms with Crippen LogP contribution in [-0.4, -0.2) is 42.9 Å². The maximum atomic E-state index is 9.17. The Kier molecular flexibility index (Phi) is 6.65. The summed E-state index contributed by atoms with van der Waals surface area (Å²) >= 11 is 0. The van der Waals surface area contributed by atoms with Gasteiger partial charge in [-0.3, -0.25) is 0 Å². The Balaban J connectivity index is 2.76. The lowest BCUT2D eigenvalue weighted by Gasteiger charge is -2.23. The van der Waals surface area contributed by atoms with Crippen molar-refractivity contribution in [3.8, 4) is 0 Å². The van der Waals surface area contributed by atoms with Crippen molar-refractivity contribution < 1.29 is 19.3 Å². The Hall–Kier alpha value is -0.420. The molecule has 1 saturated heterocycles. The number of ether oxygens (including phenoxy) is 3. The van der Waals surface area contributed by atoms with Crippen LogP contribution < -0.4 is 0 Å². The fourth-order valence-corrected chi connectivity index (χ4v) is 2.32. The molecule has 0 spiro atoms. The molecule has 0 aromatic rings. The second-order valence-corrected chi connectivity index (χ2v) is 6.34. The van der Waals surface area contributed by atoms with Crippen molar-refractivity contribution in [2.45, 2.75) is 65.1 Å². The van der Waals surface area contributed by atoms with Gasteiger partial charge in [0, 0.05) is 13.7 Å². The lowest BCUT2D eigenvalue weighted by molar-refractivity contribution is -0.154. The molecular formula is C16H30O4. The van der Waals surface area contributed by atoms with E-state index in [9.17, 15) is 0 Å². The highest BCUT2D eigenvalue weighted by atomic mass is 16.8. The van der Waals surface area contributed by atoms with Gasteiger partial charge in [0.2, 0.25) is 0 Å². The number of allylic oxidation sites excluding steroid dienone is 1. The normalized spacial score (nSPS) is 29.2. The SMILES string of the molecule is COC(/C=C\[C@H](C)C(C)C)[C@H]1OC(C)(C)O[C@H]1CCO. The first-order valence-electron chi connectivity index (χ1n) is 7.48. The number of aliphatic hydroxyl groups excluding tert-OH is 1. The Morgan fingerprint density at radius 3 is 2.35 bits per heavy atom. The minimum Gasteiger partial charge on any atom is -0.396 e. The molecule has 1 unspecified atom stereocenters. The van der Waals surface area contributed by atoms with E-state index in [1.807, 2.05) is 13.8 Å². The van der Waals surface area contributed by atoms with Gasteiger partial charge in [0.05, 0.1) is 6.10 Å². The molecular weight excluding hydrogens is 256 g/mol. The van der Waals surface area contributed by atoms with Crippen molar-refractivity contribution in [3.63, 3.8) is 0 Å². The molecule has 0 aliphatic carbocycles. The van der Waals surface area contributed by atoms with Crippen LogP contribution in [0.5, 0.6) is 0 Å². The van der Waals surface area contributed by atoms with Crippen LogP contribution in [0.2, 0.25) is 0 Å². The third-order valence-corrected chi connectivity index (χ3v) is 3.89. The minimum absolute atomic E-state index is 0.0865. The summed E-state index contributed by atoms with van der Waals surface area (Å²) in [5.41, 5.74) is 0. The molecule has 4 nitrogen and oxygen atoms in total. The smallest absolute Gasteiger partial charge is 0.163 e. The van der Waals surface area contributed by atoms with Gasteiger partial charge in [-0.2, -0.15) is 0 Å². The Bertz CT molecular complexity index is 312. The van der Waals surface area contributed by atoms with Gasteiger partial charge >= 0.3 is 0 Å². The fourth-order valence-electron chi connectivity index (χ4n) is 2.32. The quantitative estimate of drug-likeness (QED) is 0.731. The van der Waals surface area contributed by atoms with Crippen molar-refractivity contribution in [3.05, 3.63) is 12.2 Å². The predicted octanol–water partition coefficient (Wildman–Crippen LogP) is 2.75. The van der Waals surface area contributed by atoms with Gasteiger partial charge < -0.3 is 19.3 Å². The van der Waals surface area contributed by atoms with Gasteiger partial charge in [0.15, 0.2) is 5.79 Å². The van der Waals surface area contributed by atoms with Crippen molar-refractivity contribution >= 4 is 0 Å². The van der Waals surface area contributed by atoms with E-state index in [0.29, 0.717) is 18.3 Å². The van der Waals surface area contributed by atoms with Crippen LogP contribution in [0.25, 0.3) is 0 Å². The van der Waals surface area contributed by atoms with Gasteiger partial charge in [0.1, 0.15) is 12.2 Å². The van der Waals surface area contributed by atoms with E-state index < -0.39 is 5.79 Å². The van der Waals surface area contributed by atoms with Crippen LogP contribution in [0.3, 0.4) is 0 Å². The first-order valence-corrected chi connectivity index (χ1v) is 7.48. The van der Waals surface area contributed by atoms with Crippen LogP contribution in [0, 0.1) is 11.8 Å². The lowest BCUT2D eigenvalue weighted by atomic mass is 9.96. The summed E-state index contributed by atoms with van der Waals surface area (Å²) in [5, 5.41) is 9.17. The Morgan fingerprint density at radius 2 is 1.85 bits per heavy atom. The van der Waals surface area contributed by atoms with Crippen LogP contribution in [0.4, 0.5) is 0 Å². The molecule has 1 fully saturated rings. The number of methoxy groups -OCH3 is 1. The summed E-state index contributed by atoms with van der Waals surface area (Å²) in [6, 6.07) is 0. The van der Waals surface area contributed by atoms with Crippen molar-refractivity contribution in [2.75, 3.05) is 13.7 Å². The molecule has 4 atom stereocenters. The molecule has 1 aliphatic heterocycles. The van der Waals surface area contributed by atoms with Gasteiger partial charge in [-0.1, -0.05) is 32.9 Å². The van der Waals surface area contributed by atoms with E-state index in [1.54, 1.807) is 7.11 Å². The van der Waals surface area contributed by atoms with Crippen LogP contribution in [0.1, 0.15) is 41.0 Å². The molecule has 118 valence electrons. The number of aliphatic hydroxyl groups is 1. The summed E-state index contributed by atoms with van der Waals surface area (Å²) in [6.07, 6.45) is 4.31. The van der Waals surface area contributed by atoms with E-state index in [0.717, 1.165) is 0 Å². The van der Waals surface area contributed by atoms with Crippen molar-refractivity contribution in [2.24, 2.45) is 11.8 Å². The summed E-state index contributed by atoms with van der Waals surface area (Å²) < 4.78 is 17.4. The van der Waals surface area contributed by atoms with E-state index in [-0.39, 0.29) is 24.9 Å². The predicted molar refractivity (Wildman–Crippen MR) is 79.5 cm³/mol. The molecule has 1 heterocycles. The first kappa shape index (κ1) is 17.6. The maximum absolute atomic E-state index is 9.17. The summed E-state index contributed by atoms with van der Waals surface area (Å²) in [6.45, 7) is 10.5. The zero-order chi connectivity index (χ0) is 15.3. The molecule has 20 heavy (non-hydrogen) atoms. The van der Waals surface area contributed by atoms with Crippen molar-refractivity contribution in [1.82, 2.24) is 0 Å². The minimum atomic E-state index is -0.626. The Labute approximate surface area is 123 Å². The van der Waals surface area contributed by atoms with Crippen LogP contribution >= 0.6 is 0 Å². The first-order chi connectivity index (χ1) is 9.30. The third kappa shape index (κ3) is 4.85. The molecule has 0 amide bonds. The molecule has 1 aliphatic rings. The van der Waals surface area contributed by atoms with Crippen molar-refractivity contribution in [1.29, 1.82) is 0 Å². The summed E-state index contributed by atoms with van der Waals surface area (Å²) in [5.74, 6) is 0.451. The highest BCUT2D eigenvalue weighted by molar-refractivity contribution is 5.01. The van der Waals surface area contributed by atoms with Crippen LogP contribution in [-0.2, 0) is 14.2 Å². The highest BCUT2D eigenvalue weighted by Gasteiger charge is 2.44. The van der Waals surface area contributed by atoms with Gasteiger partial charge in [-0.25, -0.2) is 0 Å². The zero-order valence-corrected chi connectivity index (χ0v) is 13.6. The standard InChI is InChI=1S/C16H30O4/c1-11(2)12(3)7-8-13(18-6)15-14(9-10-17)19-16(4,5)20-15/h7-8,11-15,17H,9-10H2,1-6H3/b8-7-/t12-,13?,14-,15+/m0/s1. The molecule has 0 aromatic carbocycles. The molecule has 1 N–H and O–H groups in total. The van der Waals surface area contributed by atoms with E-state index in [2.05, 4.69) is 32.9 Å². The number of hydrogen-bond donors (Lipinski definition) is 1. The van der Waals surface area contributed by atoms with Crippen LogP contribution in [0.15, 0.2) is 12.2 Å². The summed E-state index contributed by atoms with van der Waals surface area (Å²) in [7, 11) is 1.68. The van der Waals surface area contributed by atoms with E-state index in [1.165, 1.54) is 0 Å². The van der Waals surface area contributed by atoms with Gasteiger partial charge in [-0.15, -0.1) is 0 Å². The Morgan fingerprint density at radius 1 is 1.20 bits per heavy atom. The largest absolute Gasteiger partial charge is 0.396 e. The average molecular weight is 286 g/mol. The molecule has 0 radical (unpaired) electrons. The monoisotopic (exact) mass is 286 g/mol. The molecule has 1 rings (SSSR count). The van der Waals surface area contributed by atoms with Gasteiger partial charge in [0.25, 0.3) is 0 Å². The fraction of sp³-hybridized carbons (Fsp3) is 0.875. The third-order valence-electron chi connectivity index (χ3n) is 3.89. The van der Waals surface area contributed by atoms with E-state index >= 15 is 0 Å². The molecule has 0 bridgehead atoms. The average Bonchev–Trinajstić information content (AvgIpc) is 2.65. The van der Waals surface area contributed by atoms with Gasteiger partial charge in [-0.05, 0) is 32.1 Å². The molecule has 4 heteroatoms. The topological polar surface area (TPSA) is 47.9 Å². The zero-order valence-electron chi connectivity index (χ0n) is 13.6.